The highest BCUT2D eigenvalue weighted by Crippen LogP contribution is 2.12. The van der Waals surface area contributed by atoms with Gasteiger partial charge in [-0.05, 0) is 52.8 Å². The molecule has 1 saturated heterocycles. The van der Waals surface area contributed by atoms with Crippen LogP contribution in [0, 0.1) is 0 Å². The molecule has 0 saturated carbocycles. The van der Waals surface area contributed by atoms with Crippen molar-refractivity contribution in [1.82, 2.24) is 0 Å². The molecular formula is C18H18B3N3O3. The third kappa shape index (κ3) is 3.95. The molecule has 0 radical (unpaired) electrons. The highest BCUT2D eigenvalue weighted by molar-refractivity contribution is 6.87. The smallest absolute Gasteiger partial charge is 0.445 e. The second kappa shape index (κ2) is 7.40. The van der Waals surface area contributed by atoms with Crippen molar-refractivity contribution in [3.8, 4) is 0 Å². The summed E-state index contributed by atoms with van der Waals surface area (Å²) < 4.78 is 18.2. The summed E-state index contributed by atoms with van der Waals surface area (Å²) in [6, 6.07) is 22.2. The summed E-state index contributed by atoms with van der Waals surface area (Å²) >= 11 is 0. The average molecular weight is 357 g/mol. The number of hydrogen-bond acceptors (Lipinski definition) is 6. The molecule has 3 aromatic rings. The summed E-state index contributed by atoms with van der Waals surface area (Å²) in [6.07, 6.45) is 0. The Morgan fingerprint density at radius 2 is 0.630 bits per heavy atom. The molecule has 6 N–H and O–H groups in total. The zero-order valence-electron chi connectivity index (χ0n) is 14.6. The van der Waals surface area contributed by atoms with Gasteiger partial charge in [0, 0.05) is 17.1 Å². The fraction of sp³-hybridized carbons (Fsp3) is 0. The molecule has 0 aromatic heterocycles. The molecule has 0 aliphatic carbocycles. The molecule has 132 valence electrons. The molecule has 1 heterocycles. The van der Waals surface area contributed by atoms with Crippen molar-refractivity contribution in [2.24, 2.45) is 0 Å². The highest BCUT2D eigenvalue weighted by Gasteiger charge is 2.43. The summed E-state index contributed by atoms with van der Waals surface area (Å²) in [5.41, 5.74) is 22.0. The first-order valence-electron chi connectivity index (χ1n) is 8.61. The van der Waals surface area contributed by atoms with Crippen LogP contribution in [-0.2, 0) is 13.7 Å². The van der Waals surface area contributed by atoms with Gasteiger partial charge in [0.25, 0.3) is 0 Å². The molecule has 9 heteroatoms. The van der Waals surface area contributed by atoms with E-state index in [1.807, 2.05) is 72.8 Å². The maximum Gasteiger partial charge on any atom is 0.467 e. The van der Waals surface area contributed by atoms with Crippen molar-refractivity contribution in [3.05, 3.63) is 72.8 Å². The van der Waals surface area contributed by atoms with Gasteiger partial charge in [-0.3, -0.25) is 0 Å². The standard InChI is InChI=1S/C18H18B3N3O3/c22-16-7-1-13(2-8-16)19-25-20(14-3-9-17(23)10-4-14)27-21(26-19)15-5-11-18(24)12-6-15/h1-12H,22-24H2. The zero-order valence-corrected chi connectivity index (χ0v) is 14.6. The summed E-state index contributed by atoms with van der Waals surface area (Å²) in [4.78, 5) is 0. The monoisotopic (exact) mass is 357 g/mol. The van der Waals surface area contributed by atoms with E-state index in [1.165, 1.54) is 0 Å². The Balaban J connectivity index is 1.66. The quantitative estimate of drug-likeness (QED) is 0.450. The van der Waals surface area contributed by atoms with Crippen molar-refractivity contribution >= 4 is 54.8 Å². The molecule has 0 spiro atoms. The Labute approximate surface area is 159 Å². The van der Waals surface area contributed by atoms with E-state index in [0.717, 1.165) is 16.4 Å². The zero-order chi connectivity index (χ0) is 18.8. The van der Waals surface area contributed by atoms with Crippen molar-refractivity contribution in [1.29, 1.82) is 0 Å². The lowest BCUT2D eigenvalue weighted by molar-refractivity contribution is 0.308. The van der Waals surface area contributed by atoms with E-state index in [2.05, 4.69) is 0 Å². The Hall–Kier alpha value is -2.87. The maximum absolute atomic E-state index is 6.06. The summed E-state index contributed by atoms with van der Waals surface area (Å²) in [5, 5.41) is 0. The van der Waals surface area contributed by atoms with Crippen molar-refractivity contribution in [2.45, 2.75) is 0 Å². The van der Waals surface area contributed by atoms with Crippen LogP contribution in [0.25, 0.3) is 0 Å². The number of nitrogens with two attached hydrogens (primary N) is 3. The SMILES string of the molecule is Nc1ccc(B2OB(c3ccc(N)cc3)OB(c3ccc(N)cc3)O2)cc1. The Morgan fingerprint density at radius 3 is 0.852 bits per heavy atom. The van der Waals surface area contributed by atoms with E-state index < -0.39 is 21.4 Å². The molecule has 0 bridgehead atoms. The second-order valence-corrected chi connectivity index (χ2v) is 6.40. The van der Waals surface area contributed by atoms with Crippen LogP contribution >= 0.6 is 0 Å². The minimum absolute atomic E-state index is 0.607. The van der Waals surface area contributed by atoms with Crippen LogP contribution in [0.15, 0.2) is 72.8 Å². The normalized spacial score (nSPS) is 14.4. The molecule has 1 aliphatic rings. The molecule has 1 aliphatic heterocycles. The molecule has 3 aromatic carbocycles. The van der Waals surface area contributed by atoms with E-state index in [-0.39, 0.29) is 0 Å². The Kier molecular flexibility index (Phi) is 4.81. The van der Waals surface area contributed by atoms with Crippen LogP contribution in [0.3, 0.4) is 0 Å². The van der Waals surface area contributed by atoms with Crippen LogP contribution in [-0.4, -0.2) is 21.4 Å². The summed E-state index contributed by atoms with van der Waals surface area (Å²) in [5.74, 6) is 0. The van der Waals surface area contributed by atoms with Crippen LogP contribution in [0.1, 0.15) is 0 Å². The van der Waals surface area contributed by atoms with E-state index in [1.54, 1.807) is 0 Å². The lowest BCUT2D eigenvalue weighted by Gasteiger charge is -2.31. The Morgan fingerprint density at radius 1 is 0.407 bits per heavy atom. The van der Waals surface area contributed by atoms with Gasteiger partial charge in [-0.15, -0.1) is 0 Å². The lowest BCUT2D eigenvalue weighted by atomic mass is 9.61. The van der Waals surface area contributed by atoms with Gasteiger partial charge in [-0.25, -0.2) is 0 Å². The van der Waals surface area contributed by atoms with Crippen LogP contribution < -0.4 is 33.6 Å². The Bertz CT molecular complexity index is 779. The molecule has 27 heavy (non-hydrogen) atoms. The minimum Gasteiger partial charge on any atom is -0.445 e. The molecular weight excluding hydrogens is 339 g/mol. The maximum atomic E-state index is 6.06. The number of benzene rings is 3. The molecule has 1 fully saturated rings. The largest absolute Gasteiger partial charge is 0.467 e. The molecule has 6 nitrogen and oxygen atoms in total. The third-order valence-corrected chi connectivity index (χ3v) is 4.37. The van der Waals surface area contributed by atoms with Crippen molar-refractivity contribution in [2.75, 3.05) is 17.2 Å². The van der Waals surface area contributed by atoms with Crippen molar-refractivity contribution < 1.29 is 13.7 Å². The number of rotatable bonds is 3. The number of anilines is 3. The van der Waals surface area contributed by atoms with Gasteiger partial charge in [-0.1, -0.05) is 36.4 Å². The predicted molar refractivity (Wildman–Crippen MR) is 112 cm³/mol. The van der Waals surface area contributed by atoms with Gasteiger partial charge >= 0.3 is 21.4 Å². The van der Waals surface area contributed by atoms with E-state index >= 15 is 0 Å². The van der Waals surface area contributed by atoms with E-state index in [0.29, 0.717) is 17.1 Å². The minimum atomic E-state index is -0.607. The van der Waals surface area contributed by atoms with Crippen LogP contribution in [0.2, 0.25) is 0 Å². The van der Waals surface area contributed by atoms with Gasteiger partial charge < -0.3 is 30.9 Å². The fourth-order valence-electron chi connectivity index (χ4n) is 2.86. The average Bonchev–Trinajstić information content (AvgIpc) is 2.69. The first kappa shape index (κ1) is 17.5. The summed E-state index contributed by atoms with van der Waals surface area (Å²) in [7, 11) is -1.82. The van der Waals surface area contributed by atoms with Crippen LogP contribution in [0.4, 0.5) is 17.1 Å². The highest BCUT2D eigenvalue weighted by atomic mass is 16.7. The van der Waals surface area contributed by atoms with Gasteiger partial charge in [0.05, 0.1) is 0 Å². The van der Waals surface area contributed by atoms with Crippen molar-refractivity contribution in [3.63, 3.8) is 0 Å². The van der Waals surface area contributed by atoms with Crippen LogP contribution in [0.5, 0.6) is 0 Å². The molecule has 4 rings (SSSR count). The second-order valence-electron chi connectivity index (χ2n) is 6.40. The number of nitrogen functional groups attached to an aromatic ring is 3. The van der Waals surface area contributed by atoms with Gasteiger partial charge in [0.1, 0.15) is 0 Å². The topological polar surface area (TPSA) is 106 Å². The first-order chi connectivity index (χ1) is 13.1. The molecule has 0 unspecified atom stereocenters. The summed E-state index contributed by atoms with van der Waals surface area (Å²) in [6.45, 7) is 0. The van der Waals surface area contributed by atoms with Gasteiger partial charge in [-0.2, -0.15) is 0 Å². The number of hydrogen-bond donors (Lipinski definition) is 3. The van der Waals surface area contributed by atoms with E-state index in [9.17, 15) is 0 Å². The van der Waals surface area contributed by atoms with Gasteiger partial charge in [0.2, 0.25) is 0 Å². The third-order valence-electron chi connectivity index (χ3n) is 4.37. The molecule has 0 atom stereocenters. The van der Waals surface area contributed by atoms with Gasteiger partial charge in [0.15, 0.2) is 0 Å². The first-order valence-corrected chi connectivity index (χ1v) is 8.61. The lowest BCUT2D eigenvalue weighted by Crippen LogP contribution is -2.61. The molecule has 0 amide bonds. The predicted octanol–water partition coefficient (Wildman–Crippen LogP) is -0.0174. The van der Waals surface area contributed by atoms with E-state index in [4.69, 9.17) is 30.9 Å². The fourth-order valence-corrected chi connectivity index (χ4v) is 2.86.